The van der Waals surface area contributed by atoms with Gasteiger partial charge in [0, 0.05) is 11.3 Å². The minimum Gasteiger partial charge on any atom is -0.462 e. The van der Waals surface area contributed by atoms with Crippen LogP contribution in [0, 0.1) is 13.8 Å². The lowest BCUT2D eigenvalue weighted by atomic mass is 10.1. The highest BCUT2D eigenvalue weighted by atomic mass is 19.4. The molecule has 32 heavy (non-hydrogen) atoms. The van der Waals surface area contributed by atoms with Crippen molar-refractivity contribution in [3.63, 3.8) is 0 Å². The van der Waals surface area contributed by atoms with Crippen LogP contribution >= 0.6 is 0 Å². The van der Waals surface area contributed by atoms with Gasteiger partial charge in [-0.05, 0) is 50.6 Å². The molecule has 0 saturated carbocycles. The number of alkyl halides is 3. The first-order valence-electron chi connectivity index (χ1n) is 9.46. The molecular formula is C21H21F3N2O6. The molecule has 0 fully saturated rings. The molecule has 0 aliphatic heterocycles. The molecule has 1 aromatic heterocycles. The van der Waals surface area contributed by atoms with Gasteiger partial charge in [0.2, 0.25) is 5.78 Å². The highest BCUT2D eigenvalue weighted by molar-refractivity contribution is 6.02. The second-order valence-corrected chi connectivity index (χ2v) is 6.69. The Labute approximate surface area is 181 Å². The molecule has 1 amide bonds. The van der Waals surface area contributed by atoms with Gasteiger partial charge < -0.3 is 19.8 Å². The first-order chi connectivity index (χ1) is 15.0. The summed E-state index contributed by atoms with van der Waals surface area (Å²) >= 11 is 0. The number of H-pyrrole nitrogens is 1. The van der Waals surface area contributed by atoms with Crippen molar-refractivity contribution in [1.29, 1.82) is 0 Å². The third-order valence-corrected chi connectivity index (χ3v) is 4.43. The third kappa shape index (κ3) is 5.96. The van der Waals surface area contributed by atoms with Gasteiger partial charge in [0.25, 0.3) is 5.91 Å². The Hall–Kier alpha value is -3.63. The van der Waals surface area contributed by atoms with Crippen LogP contribution < -0.4 is 5.32 Å². The van der Waals surface area contributed by atoms with E-state index in [0.29, 0.717) is 11.3 Å². The Morgan fingerprint density at radius 2 is 1.66 bits per heavy atom. The fourth-order valence-corrected chi connectivity index (χ4v) is 2.87. The van der Waals surface area contributed by atoms with Crippen molar-refractivity contribution in [2.75, 3.05) is 19.8 Å². The fraction of sp³-hybridized carbons (Fsp3) is 0.333. The maximum Gasteiger partial charge on any atom is 0.416 e. The van der Waals surface area contributed by atoms with Crippen LogP contribution in [0.2, 0.25) is 0 Å². The van der Waals surface area contributed by atoms with Crippen LogP contribution in [0.3, 0.4) is 0 Å². The summed E-state index contributed by atoms with van der Waals surface area (Å²) in [4.78, 5) is 50.9. The number of nitrogens with one attached hydrogen (secondary N) is 2. The molecular weight excluding hydrogens is 433 g/mol. The van der Waals surface area contributed by atoms with E-state index in [1.807, 2.05) is 0 Å². The number of aryl methyl sites for hydroxylation is 1. The fourth-order valence-electron chi connectivity index (χ4n) is 2.87. The second-order valence-electron chi connectivity index (χ2n) is 6.69. The van der Waals surface area contributed by atoms with Crippen molar-refractivity contribution < 1.29 is 41.8 Å². The number of aromatic nitrogens is 1. The first kappa shape index (κ1) is 24.6. The van der Waals surface area contributed by atoms with Crippen molar-refractivity contribution in [3.05, 3.63) is 57.9 Å². The lowest BCUT2D eigenvalue weighted by molar-refractivity contribution is -0.141. The second kappa shape index (κ2) is 10.1. The number of hydrogen-bond acceptors (Lipinski definition) is 6. The average molecular weight is 454 g/mol. The van der Waals surface area contributed by atoms with Crippen LogP contribution in [0.4, 0.5) is 13.2 Å². The number of aromatic amines is 1. The zero-order valence-electron chi connectivity index (χ0n) is 17.5. The molecule has 8 nitrogen and oxygen atoms in total. The van der Waals surface area contributed by atoms with E-state index in [4.69, 9.17) is 9.47 Å². The molecule has 11 heteroatoms. The molecule has 0 aliphatic rings. The number of carbonyl (C=O) groups is 4. The summed E-state index contributed by atoms with van der Waals surface area (Å²) in [6, 6.07) is 3.45. The molecule has 172 valence electrons. The van der Waals surface area contributed by atoms with E-state index in [1.54, 1.807) is 20.8 Å². The summed E-state index contributed by atoms with van der Waals surface area (Å²) in [5.41, 5.74) is 0.119. The quantitative estimate of drug-likeness (QED) is 0.468. The van der Waals surface area contributed by atoms with Gasteiger partial charge in [0.1, 0.15) is 6.54 Å². The van der Waals surface area contributed by atoms with Gasteiger partial charge in [0.15, 0.2) is 6.61 Å². The van der Waals surface area contributed by atoms with Gasteiger partial charge in [-0.1, -0.05) is 0 Å². The van der Waals surface area contributed by atoms with Crippen molar-refractivity contribution in [2.45, 2.75) is 26.9 Å². The van der Waals surface area contributed by atoms with Crippen LogP contribution in [-0.4, -0.2) is 48.4 Å². The summed E-state index contributed by atoms with van der Waals surface area (Å²) in [5, 5.41) is 2.20. The van der Waals surface area contributed by atoms with E-state index in [-0.39, 0.29) is 23.4 Å². The molecule has 0 bridgehead atoms. The molecule has 0 unspecified atom stereocenters. The number of amides is 1. The zero-order valence-corrected chi connectivity index (χ0v) is 17.5. The summed E-state index contributed by atoms with van der Waals surface area (Å²) < 4.78 is 47.4. The van der Waals surface area contributed by atoms with Crippen molar-refractivity contribution >= 4 is 23.6 Å². The normalized spacial score (nSPS) is 11.1. The van der Waals surface area contributed by atoms with Crippen molar-refractivity contribution in [1.82, 2.24) is 10.3 Å². The molecule has 0 atom stereocenters. The van der Waals surface area contributed by atoms with E-state index in [0.717, 1.165) is 24.3 Å². The molecule has 0 spiro atoms. The van der Waals surface area contributed by atoms with E-state index in [9.17, 15) is 32.3 Å². The average Bonchev–Trinajstić information content (AvgIpc) is 3.03. The number of carbonyl (C=O) groups excluding carboxylic acids is 4. The number of benzene rings is 1. The zero-order chi connectivity index (χ0) is 24.1. The van der Waals surface area contributed by atoms with Gasteiger partial charge in [-0.25, -0.2) is 4.79 Å². The number of rotatable bonds is 8. The summed E-state index contributed by atoms with van der Waals surface area (Å²) in [6.07, 6.45) is -4.53. The van der Waals surface area contributed by atoms with Gasteiger partial charge in [-0.3, -0.25) is 14.4 Å². The molecule has 2 aromatic rings. The minimum absolute atomic E-state index is 0.0779. The summed E-state index contributed by atoms with van der Waals surface area (Å²) in [6.45, 7) is 3.73. The number of ketones is 1. The molecule has 1 aromatic carbocycles. The summed E-state index contributed by atoms with van der Waals surface area (Å²) in [7, 11) is 0. The van der Waals surface area contributed by atoms with E-state index in [2.05, 4.69) is 10.3 Å². The lowest BCUT2D eigenvalue weighted by Gasteiger charge is -2.08. The van der Waals surface area contributed by atoms with E-state index < -0.39 is 48.5 Å². The molecule has 0 aliphatic carbocycles. The molecule has 0 saturated heterocycles. The number of hydrogen-bond donors (Lipinski definition) is 2. The monoisotopic (exact) mass is 454 g/mol. The first-order valence-corrected chi connectivity index (χ1v) is 9.46. The maximum absolute atomic E-state index is 12.6. The topological polar surface area (TPSA) is 115 Å². The smallest absolute Gasteiger partial charge is 0.416 e. The molecule has 1 heterocycles. The Kier molecular flexibility index (Phi) is 7.79. The van der Waals surface area contributed by atoms with E-state index in [1.165, 1.54) is 0 Å². The van der Waals surface area contributed by atoms with E-state index >= 15 is 0 Å². The Morgan fingerprint density at radius 3 is 2.22 bits per heavy atom. The molecule has 0 radical (unpaired) electrons. The number of esters is 2. The maximum atomic E-state index is 12.6. The van der Waals surface area contributed by atoms with Crippen molar-refractivity contribution in [3.8, 4) is 0 Å². The highest BCUT2D eigenvalue weighted by Crippen LogP contribution is 2.29. The van der Waals surface area contributed by atoms with Crippen LogP contribution in [-0.2, 0) is 20.4 Å². The van der Waals surface area contributed by atoms with Crippen LogP contribution in [0.15, 0.2) is 24.3 Å². The standard InChI is InChI=1S/C21H21F3N2O6/c1-4-31-20(30)17-11(2)18(26-12(17)3)15(27)10-32-16(28)9-25-19(29)13-5-7-14(8-6-13)21(22,23)24/h5-8,26H,4,9-10H2,1-3H3,(H,25,29). The third-order valence-electron chi connectivity index (χ3n) is 4.43. The predicted molar refractivity (Wildman–Crippen MR) is 105 cm³/mol. The molecule has 2 rings (SSSR count). The number of Topliss-reactive ketones (excluding diaryl/α,β-unsaturated/α-hetero) is 1. The minimum atomic E-state index is -4.53. The Bertz CT molecular complexity index is 1030. The Morgan fingerprint density at radius 1 is 1.03 bits per heavy atom. The van der Waals surface area contributed by atoms with Crippen LogP contribution in [0.25, 0.3) is 0 Å². The lowest BCUT2D eigenvalue weighted by Crippen LogP contribution is -2.31. The van der Waals surface area contributed by atoms with Crippen LogP contribution in [0.1, 0.15) is 54.9 Å². The SMILES string of the molecule is CCOC(=O)c1c(C)[nH]c(C(=O)COC(=O)CNC(=O)c2ccc(C(F)(F)F)cc2)c1C. The number of halogens is 3. The largest absolute Gasteiger partial charge is 0.462 e. The number of ether oxygens (including phenoxy) is 2. The summed E-state index contributed by atoms with van der Waals surface area (Å²) in [5.74, 6) is -2.88. The van der Waals surface area contributed by atoms with Gasteiger partial charge >= 0.3 is 18.1 Å². The van der Waals surface area contributed by atoms with Gasteiger partial charge in [-0.15, -0.1) is 0 Å². The van der Waals surface area contributed by atoms with Gasteiger partial charge in [0.05, 0.1) is 23.4 Å². The van der Waals surface area contributed by atoms with Gasteiger partial charge in [-0.2, -0.15) is 13.2 Å². The highest BCUT2D eigenvalue weighted by Gasteiger charge is 2.30. The Balaban J connectivity index is 1.89. The predicted octanol–water partition coefficient (Wildman–Crippen LogP) is 2.98. The van der Waals surface area contributed by atoms with Crippen molar-refractivity contribution in [2.24, 2.45) is 0 Å². The molecule has 2 N–H and O–H groups in total. The van der Waals surface area contributed by atoms with Crippen LogP contribution in [0.5, 0.6) is 0 Å².